The van der Waals surface area contributed by atoms with Crippen LogP contribution in [0.1, 0.15) is 36.9 Å². The van der Waals surface area contributed by atoms with Gasteiger partial charge in [0.15, 0.2) is 0 Å². The lowest BCUT2D eigenvalue weighted by molar-refractivity contribution is -0.122. The van der Waals surface area contributed by atoms with Crippen molar-refractivity contribution in [1.82, 2.24) is 15.1 Å². The van der Waals surface area contributed by atoms with Gasteiger partial charge in [0.25, 0.3) is 5.56 Å². The molecule has 1 aromatic heterocycles. The van der Waals surface area contributed by atoms with E-state index in [0.29, 0.717) is 24.3 Å². The standard InChI is InChI=1S/C18H23N3O2/c22-17(19-10-15-8-12-5-6-13(15)7-12)11-21-18(23)9-14-3-1-2-4-16(14)20-21/h5-6,9,12-13,15H,1-4,7-8,10-11H2,(H,19,22)/t12-,13-,15-/m0/s1. The fourth-order valence-corrected chi connectivity index (χ4v) is 4.28. The lowest BCUT2D eigenvalue weighted by Crippen LogP contribution is -2.37. The molecule has 1 heterocycles. The van der Waals surface area contributed by atoms with E-state index in [1.54, 1.807) is 6.07 Å². The van der Waals surface area contributed by atoms with Crippen LogP contribution in [0.3, 0.4) is 0 Å². The number of carbonyl (C=O) groups is 1. The highest BCUT2D eigenvalue weighted by atomic mass is 16.2. The largest absolute Gasteiger partial charge is 0.354 e. The maximum absolute atomic E-state index is 12.2. The van der Waals surface area contributed by atoms with Crippen molar-refractivity contribution in [1.29, 1.82) is 0 Å². The molecule has 0 spiro atoms. The Morgan fingerprint density at radius 1 is 1.26 bits per heavy atom. The predicted octanol–water partition coefficient (Wildman–Crippen LogP) is 1.45. The van der Waals surface area contributed by atoms with E-state index in [2.05, 4.69) is 22.6 Å². The normalized spacial score (nSPS) is 27.9. The van der Waals surface area contributed by atoms with E-state index in [0.717, 1.165) is 36.9 Å². The van der Waals surface area contributed by atoms with Gasteiger partial charge in [0.05, 0.1) is 5.69 Å². The van der Waals surface area contributed by atoms with Crippen LogP contribution in [0.25, 0.3) is 0 Å². The second-order valence-electron chi connectivity index (χ2n) is 7.16. The van der Waals surface area contributed by atoms with Gasteiger partial charge in [0.2, 0.25) is 5.91 Å². The van der Waals surface area contributed by atoms with Gasteiger partial charge in [-0.3, -0.25) is 9.59 Å². The average Bonchev–Trinajstić information content (AvgIpc) is 3.16. The molecule has 2 bridgehead atoms. The molecule has 0 unspecified atom stereocenters. The van der Waals surface area contributed by atoms with E-state index in [1.165, 1.54) is 17.5 Å². The zero-order valence-electron chi connectivity index (χ0n) is 13.3. The molecule has 1 aromatic rings. The zero-order valence-corrected chi connectivity index (χ0v) is 13.3. The number of amides is 1. The fourth-order valence-electron chi connectivity index (χ4n) is 4.28. The van der Waals surface area contributed by atoms with E-state index >= 15 is 0 Å². The minimum absolute atomic E-state index is 0.0305. The van der Waals surface area contributed by atoms with Gasteiger partial charge in [0, 0.05) is 12.6 Å². The lowest BCUT2D eigenvalue weighted by atomic mass is 9.94. The van der Waals surface area contributed by atoms with Crippen molar-refractivity contribution in [3.05, 3.63) is 39.8 Å². The monoisotopic (exact) mass is 313 g/mol. The molecule has 1 fully saturated rings. The van der Waals surface area contributed by atoms with Gasteiger partial charge in [-0.05, 0) is 61.8 Å². The SMILES string of the molecule is O=C(Cn1nc2c(cc1=O)CCCC2)NC[C@@H]1C[C@H]2C=C[C@H]1C2. The number of carbonyl (C=O) groups excluding carboxylic acids is 1. The Morgan fingerprint density at radius 2 is 2.13 bits per heavy atom. The molecule has 4 rings (SSSR count). The molecule has 3 aliphatic carbocycles. The third-order valence-corrected chi connectivity index (χ3v) is 5.55. The number of allylic oxidation sites excluding steroid dienone is 2. The quantitative estimate of drug-likeness (QED) is 0.856. The molecule has 0 saturated heterocycles. The zero-order chi connectivity index (χ0) is 15.8. The van der Waals surface area contributed by atoms with Crippen molar-refractivity contribution >= 4 is 5.91 Å². The Hall–Kier alpha value is -1.91. The van der Waals surface area contributed by atoms with Gasteiger partial charge in [-0.2, -0.15) is 5.10 Å². The van der Waals surface area contributed by atoms with E-state index in [1.807, 2.05) is 0 Å². The maximum atomic E-state index is 12.2. The third kappa shape index (κ3) is 2.96. The number of aryl methyl sites for hydroxylation is 2. The second-order valence-corrected chi connectivity index (χ2v) is 7.16. The molecular weight excluding hydrogens is 290 g/mol. The summed E-state index contributed by atoms with van der Waals surface area (Å²) < 4.78 is 1.32. The fraction of sp³-hybridized carbons (Fsp3) is 0.611. The number of nitrogens with zero attached hydrogens (tertiary/aromatic N) is 2. The minimum atomic E-state index is -0.163. The van der Waals surface area contributed by atoms with Gasteiger partial charge in [0.1, 0.15) is 6.54 Å². The molecule has 1 amide bonds. The first-order chi connectivity index (χ1) is 11.2. The van der Waals surface area contributed by atoms with Gasteiger partial charge < -0.3 is 5.32 Å². The number of hydrogen-bond acceptors (Lipinski definition) is 3. The van der Waals surface area contributed by atoms with Crippen molar-refractivity contribution in [2.24, 2.45) is 17.8 Å². The van der Waals surface area contributed by atoms with E-state index in [4.69, 9.17) is 0 Å². The molecule has 5 nitrogen and oxygen atoms in total. The Bertz CT molecular complexity index is 707. The topological polar surface area (TPSA) is 64.0 Å². The van der Waals surface area contributed by atoms with Crippen molar-refractivity contribution in [2.75, 3.05) is 6.54 Å². The van der Waals surface area contributed by atoms with Crippen LogP contribution in [0.4, 0.5) is 0 Å². The molecule has 122 valence electrons. The van der Waals surface area contributed by atoms with Crippen LogP contribution in [-0.4, -0.2) is 22.2 Å². The predicted molar refractivity (Wildman–Crippen MR) is 87.0 cm³/mol. The number of aromatic nitrogens is 2. The van der Waals surface area contributed by atoms with Gasteiger partial charge in [-0.1, -0.05) is 12.2 Å². The summed E-state index contributed by atoms with van der Waals surface area (Å²) in [6, 6.07) is 1.66. The Kier molecular flexibility index (Phi) is 3.79. The smallest absolute Gasteiger partial charge is 0.267 e. The molecule has 3 atom stereocenters. The summed E-state index contributed by atoms with van der Waals surface area (Å²) in [6.07, 6.45) is 11.1. The summed E-state index contributed by atoms with van der Waals surface area (Å²) in [5, 5.41) is 7.40. The lowest BCUT2D eigenvalue weighted by Gasteiger charge is -2.19. The van der Waals surface area contributed by atoms with Crippen molar-refractivity contribution < 1.29 is 4.79 Å². The molecule has 1 saturated carbocycles. The molecule has 3 aliphatic rings. The van der Waals surface area contributed by atoms with Gasteiger partial charge in [-0.25, -0.2) is 4.68 Å². The third-order valence-electron chi connectivity index (χ3n) is 5.55. The van der Waals surface area contributed by atoms with Crippen molar-refractivity contribution in [3.63, 3.8) is 0 Å². The molecule has 5 heteroatoms. The van der Waals surface area contributed by atoms with Gasteiger partial charge >= 0.3 is 0 Å². The van der Waals surface area contributed by atoms with Crippen LogP contribution in [0.5, 0.6) is 0 Å². The van der Waals surface area contributed by atoms with Gasteiger partial charge in [-0.15, -0.1) is 0 Å². The summed E-state index contributed by atoms with van der Waals surface area (Å²) in [5.41, 5.74) is 1.89. The maximum Gasteiger partial charge on any atom is 0.267 e. The van der Waals surface area contributed by atoms with Crippen LogP contribution in [0.15, 0.2) is 23.0 Å². The Labute approximate surface area is 135 Å². The highest BCUT2D eigenvalue weighted by molar-refractivity contribution is 5.75. The van der Waals surface area contributed by atoms with E-state index < -0.39 is 0 Å². The van der Waals surface area contributed by atoms with Crippen molar-refractivity contribution in [3.8, 4) is 0 Å². The summed E-state index contributed by atoms with van der Waals surface area (Å²) >= 11 is 0. The first kappa shape index (κ1) is 14.7. The van der Waals surface area contributed by atoms with Crippen LogP contribution in [0, 0.1) is 17.8 Å². The summed E-state index contributed by atoms with van der Waals surface area (Å²) in [6.45, 7) is 0.743. The van der Waals surface area contributed by atoms with Crippen LogP contribution in [-0.2, 0) is 24.2 Å². The highest BCUT2D eigenvalue weighted by Gasteiger charge is 2.35. The summed E-state index contributed by atoms with van der Waals surface area (Å²) in [5.74, 6) is 1.79. The van der Waals surface area contributed by atoms with Crippen LogP contribution < -0.4 is 10.9 Å². The number of nitrogens with one attached hydrogen (secondary N) is 1. The Morgan fingerprint density at radius 3 is 2.91 bits per heavy atom. The van der Waals surface area contributed by atoms with Crippen LogP contribution >= 0.6 is 0 Å². The minimum Gasteiger partial charge on any atom is -0.354 e. The number of hydrogen-bond donors (Lipinski definition) is 1. The van der Waals surface area contributed by atoms with E-state index in [-0.39, 0.29) is 18.0 Å². The number of fused-ring (bicyclic) bond motifs is 3. The number of rotatable bonds is 4. The molecule has 0 aromatic carbocycles. The van der Waals surface area contributed by atoms with Crippen molar-refractivity contribution in [2.45, 2.75) is 45.1 Å². The molecular formula is C18H23N3O2. The summed E-state index contributed by atoms with van der Waals surface area (Å²) in [7, 11) is 0. The average molecular weight is 313 g/mol. The first-order valence-corrected chi connectivity index (χ1v) is 8.74. The Balaban J connectivity index is 1.37. The second kappa shape index (κ2) is 5.95. The molecule has 23 heavy (non-hydrogen) atoms. The summed E-state index contributed by atoms with van der Waals surface area (Å²) in [4.78, 5) is 24.3. The molecule has 0 aliphatic heterocycles. The molecule has 0 radical (unpaired) electrons. The first-order valence-electron chi connectivity index (χ1n) is 8.74. The van der Waals surface area contributed by atoms with E-state index in [9.17, 15) is 9.59 Å². The molecule has 1 N–H and O–H groups in total. The highest BCUT2D eigenvalue weighted by Crippen LogP contribution is 2.42. The van der Waals surface area contributed by atoms with Crippen LogP contribution in [0.2, 0.25) is 0 Å².